The number of halogens is 3. The summed E-state index contributed by atoms with van der Waals surface area (Å²) in [6.07, 6.45) is -6.26. The first kappa shape index (κ1) is 19.8. The number of carbonyl (C=O) groups is 2. The molecule has 2 amide bonds. The molecule has 0 heterocycles. The number of carbonyl (C=O) groups excluding carboxylic acids is 1. The van der Waals surface area contributed by atoms with Crippen LogP contribution < -0.4 is 5.32 Å². The molecular formula is C16H21F3N2O3. The molecule has 0 fully saturated rings. The third kappa shape index (κ3) is 6.10. The topological polar surface area (TPSA) is 69.6 Å². The Kier molecular flexibility index (Phi) is 6.62. The summed E-state index contributed by atoms with van der Waals surface area (Å²) in [5.41, 5.74) is 1.43. The van der Waals surface area contributed by atoms with E-state index < -0.39 is 30.8 Å². The van der Waals surface area contributed by atoms with Crippen LogP contribution >= 0.6 is 0 Å². The van der Waals surface area contributed by atoms with E-state index in [0.29, 0.717) is 10.5 Å². The van der Waals surface area contributed by atoms with Gasteiger partial charge in [-0.15, -0.1) is 0 Å². The SMILES string of the molecule is Cc1ccc(C(=O)NCC(C)C(C)N(CC(F)(F)F)C(=O)O)cc1. The molecule has 1 aromatic carbocycles. The van der Waals surface area contributed by atoms with E-state index >= 15 is 0 Å². The highest BCUT2D eigenvalue weighted by molar-refractivity contribution is 5.94. The van der Waals surface area contributed by atoms with Crippen LogP contribution in [0.15, 0.2) is 24.3 Å². The van der Waals surface area contributed by atoms with Crippen LogP contribution in [0.2, 0.25) is 0 Å². The fraction of sp³-hybridized carbons (Fsp3) is 0.500. The van der Waals surface area contributed by atoms with Crippen molar-refractivity contribution in [2.75, 3.05) is 13.1 Å². The molecule has 2 atom stereocenters. The number of nitrogens with one attached hydrogen (secondary N) is 1. The summed E-state index contributed by atoms with van der Waals surface area (Å²) in [6, 6.07) is 5.94. The van der Waals surface area contributed by atoms with Gasteiger partial charge in [0.15, 0.2) is 0 Å². The van der Waals surface area contributed by atoms with Gasteiger partial charge in [-0.1, -0.05) is 24.6 Å². The van der Waals surface area contributed by atoms with E-state index in [-0.39, 0.29) is 12.5 Å². The van der Waals surface area contributed by atoms with Gasteiger partial charge in [-0.2, -0.15) is 13.2 Å². The molecule has 134 valence electrons. The molecule has 0 spiro atoms. The van der Waals surface area contributed by atoms with Crippen LogP contribution in [0.5, 0.6) is 0 Å². The first-order valence-electron chi connectivity index (χ1n) is 7.42. The Labute approximate surface area is 138 Å². The lowest BCUT2D eigenvalue weighted by molar-refractivity contribution is -0.147. The van der Waals surface area contributed by atoms with Gasteiger partial charge in [0.05, 0.1) is 0 Å². The summed E-state index contributed by atoms with van der Waals surface area (Å²) in [4.78, 5) is 23.4. The highest BCUT2D eigenvalue weighted by atomic mass is 19.4. The number of amides is 2. The monoisotopic (exact) mass is 346 g/mol. The first-order valence-corrected chi connectivity index (χ1v) is 7.42. The van der Waals surface area contributed by atoms with E-state index in [2.05, 4.69) is 5.32 Å². The van der Waals surface area contributed by atoms with Crippen molar-refractivity contribution >= 4 is 12.0 Å². The number of rotatable bonds is 6. The molecule has 2 unspecified atom stereocenters. The van der Waals surface area contributed by atoms with Gasteiger partial charge in [-0.3, -0.25) is 9.69 Å². The Hall–Kier alpha value is -2.25. The van der Waals surface area contributed by atoms with Gasteiger partial charge in [0.1, 0.15) is 6.54 Å². The minimum absolute atomic E-state index is 0.0650. The molecule has 0 aromatic heterocycles. The molecule has 0 saturated heterocycles. The van der Waals surface area contributed by atoms with E-state index in [0.717, 1.165) is 5.56 Å². The standard InChI is InChI=1S/C16H21F3N2O3/c1-10-4-6-13(7-5-10)14(22)20-8-11(2)12(3)21(15(23)24)9-16(17,18)19/h4-7,11-12H,8-9H2,1-3H3,(H,20,22)(H,23,24). The van der Waals surface area contributed by atoms with Crippen molar-refractivity contribution in [1.29, 1.82) is 0 Å². The van der Waals surface area contributed by atoms with Crippen molar-refractivity contribution in [1.82, 2.24) is 10.2 Å². The normalized spacial score (nSPS) is 13.9. The van der Waals surface area contributed by atoms with Gasteiger partial charge in [-0.05, 0) is 31.9 Å². The molecule has 0 radical (unpaired) electrons. The highest BCUT2D eigenvalue weighted by Crippen LogP contribution is 2.20. The summed E-state index contributed by atoms with van der Waals surface area (Å²) >= 11 is 0. The van der Waals surface area contributed by atoms with Gasteiger partial charge in [0.2, 0.25) is 0 Å². The van der Waals surface area contributed by atoms with Crippen molar-refractivity contribution in [2.45, 2.75) is 33.0 Å². The zero-order valence-corrected chi connectivity index (χ0v) is 13.7. The third-order valence-electron chi connectivity index (χ3n) is 3.81. The average Bonchev–Trinajstić information content (AvgIpc) is 2.48. The summed E-state index contributed by atoms with van der Waals surface area (Å²) in [7, 11) is 0. The maximum Gasteiger partial charge on any atom is 0.407 e. The minimum atomic E-state index is -4.61. The second-order valence-corrected chi connectivity index (χ2v) is 5.82. The molecule has 0 aliphatic carbocycles. The van der Waals surface area contributed by atoms with Gasteiger partial charge in [-0.25, -0.2) is 4.79 Å². The Morgan fingerprint density at radius 3 is 2.21 bits per heavy atom. The Balaban J connectivity index is 2.64. The largest absolute Gasteiger partial charge is 0.465 e. The van der Waals surface area contributed by atoms with Gasteiger partial charge >= 0.3 is 12.3 Å². The maximum atomic E-state index is 12.5. The zero-order valence-electron chi connectivity index (χ0n) is 13.7. The van der Waals surface area contributed by atoms with Crippen molar-refractivity contribution in [3.8, 4) is 0 Å². The number of alkyl halides is 3. The summed E-state index contributed by atoms with van der Waals surface area (Å²) in [5.74, 6) is -0.843. The molecule has 24 heavy (non-hydrogen) atoms. The Morgan fingerprint density at radius 1 is 1.21 bits per heavy atom. The molecule has 8 heteroatoms. The number of hydrogen-bond donors (Lipinski definition) is 2. The fourth-order valence-electron chi connectivity index (χ4n) is 2.12. The second kappa shape index (κ2) is 8.03. The predicted molar refractivity (Wildman–Crippen MR) is 82.9 cm³/mol. The van der Waals surface area contributed by atoms with E-state index in [1.165, 1.54) is 6.92 Å². The molecule has 5 nitrogen and oxygen atoms in total. The lowest BCUT2D eigenvalue weighted by Gasteiger charge is -2.31. The molecule has 1 rings (SSSR count). The molecule has 0 saturated carbocycles. The highest BCUT2D eigenvalue weighted by Gasteiger charge is 2.36. The smallest absolute Gasteiger partial charge is 0.407 e. The average molecular weight is 346 g/mol. The lowest BCUT2D eigenvalue weighted by Crippen LogP contribution is -2.48. The van der Waals surface area contributed by atoms with Crippen LogP contribution in [-0.4, -0.2) is 47.3 Å². The van der Waals surface area contributed by atoms with Crippen molar-refractivity contribution in [3.63, 3.8) is 0 Å². The van der Waals surface area contributed by atoms with E-state index in [9.17, 15) is 22.8 Å². The molecule has 2 N–H and O–H groups in total. The number of carboxylic acid groups (broad SMARTS) is 1. The molecule has 0 bridgehead atoms. The predicted octanol–water partition coefficient (Wildman–Crippen LogP) is 3.29. The van der Waals surface area contributed by atoms with Crippen LogP contribution in [0.25, 0.3) is 0 Å². The van der Waals surface area contributed by atoms with Gasteiger partial charge < -0.3 is 10.4 Å². The van der Waals surface area contributed by atoms with E-state index in [1.807, 2.05) is 6.92 Å². The molecule has 1 aromatic rings. The van der Waals surface area contributed by atoms with Crippen LogP contribution in [0.1, 0.15) is 29.8 Å². The van der Waals surface area contributed by atoms with Crippen molar-refractivity contribution in [3.05, 3.63) is 35.4 Å². The van der Waals surface area contributed by atoms with Gasteiger partial charge in [0.25, 0.3) is 5.91 Å². The van der Waals surface area contributed by atoms with Crippen LogP contribution in [0.4, 0.5) is 18.0 Å². The Bertz CT molecular complexity index is 573. The van der Waals surface area contributed by atoms with E-state index in [1.54, 1.807) is 31.2 Å². The third-order valence-corrected chi connectivity index (χ3v) is 3.81. The van der Waals surface area contributed by atoms with Gasteiger partial charge in [0, 0.05) is 18.2 Å². The van der Waals surface area contributed by atoms with E-state index in [4.69, 9.17) is 5.11 Å². The fourth-order valence-corrected chi connectivity index (χ4v) is 2.12. The molecule has 0 aliphatic heterocycles. The quantitative estimate of drug-likeness (QED) is 0.830. The molecule has 0 aliphatic rings. The summed E-state index contributed by atoms with van der Waals surface area (Å²) in [5, 5.41) is 11.6. The Morgan fingerprint density at radius 2 is 1.75 bits per heavy atom. The van der Waals surface area contributed by atoms with Crippen LogP contribution in [0, 0.1) is 12.8 Å². The molecular weight excluding hydrogens is 325 g/mol. The van der Waals surface area contributed by atoms with Crippen molar-refractivity contribution in [2.24, 2.45) is 5.92 Å². The summed E-state index contributed by atoms with van der Waals surface area (Å²) in [6.45, 7) is 3.39. The lowest BCUT2D eigenvalue weighted by atomic mass is 10.0. The minimum Gasteiger partial charge on any atom is -0.465 e. The number of hydrogen-bond acceptors (Lipinski definition) is 2. The number of aryl methyl sites for hydroxylation is 1. The van der Waals surface area contributed by atoms with Crippen LogP contribution in [-0.2, 0) is 0 Å². The first-order chi connectivity index (χ1) is 11.0. The maximum absolute atomic E-state index is 12.5. The van der Waals surface area contributed by atoms with Crippen LogP contribution in [0.3, 0.4) is 0 Å². The zero-order chi connectivity index (χ0) is 18.5. The summed E-state index contributed by atoms with van der Waals surface area (Å²) < 4.78 is 37.4. The second-order valence-electron chi connectivity index (χ2n) is 5.82. The number of nitrogens with zero attached hydrogens (tertiary/aromatic N) is 1. The number of benzene rings is 1. The van der Waals surface area contributed by atoms with Crippen molar-refractivity contribution < 1.29 is 27.9 Å².